The van der Waals surface area contributed by atoms with E-state index >= 15 is 0 Å². The lowest BCUT2D eigenvalue weighted by Crippen LogP contribution is -2.12. The van der Waals surface area contributed by atoms with E-state index in [0.29, 0.717) is 0 Å². The zero-order valence-electron chi connectivity index (χ0n) is 34.7. The fourth-order valence-corrected chi connectivity index (χ4v) is 8.90. The zero-order chi connectivity index (χ0) is 41.8. The van der Waals surface area contributed by atoms with Gasteiger partial charge in [-0.3, -0.25) is 0 Å². The fraction of sp³-hybridized carbons (Fsp3) is 0.0164. The van der Waals surface area contributed by atoms with Gasteiger partial charge in [-0.2, -0.15) is 0 Å². The Hall–Kier alpha value is -8.00. The highest BCUT2D eigenvalue weighted by atomic mass is 15.1. The molecule has 0 saturated carbocycles. The summed E-state index contributed by atoms with van der Waals surface area (Å²) >= 11 is 0. The lowest BCUT2D eigenvalue weighted by molar-refractivity contribution is 1.30. The van der Waals surface area contributed by atoms with Crippen molar-refractivity contribution in [2.45, 2.75) is 6.92 Å². The second-order valence-corrected chi connectivity index (χ2v) is 15.8. The Balaban J connectivity index is 1.17. The Morgan fingerprint density at radius 3 is 1.61 bits per heavy atom. The molecule has 0 aliphatic carbocycles. The monoisotopic (exact) mass is 791 g/mol. The van der Waals surface area contributed by atoms with Crippen molar-refractivity contribution in [2.24, 2.45) is 0 Å². The number of hydrogen-bond acceptors (Lipinski definition) is 1. The van der Waals surface area contributed by atoms with E-state index in [0.717, 1.165) is 22.6 Å². The van der Waals surface area contributed by atoms with Gasteiger partial charge in [0.2, 0.25) is 0 Å². The Kier molecular flexibility index (Phi) is 10.4. The molecule has 0 aliphatic heterocycles. The molecule has 62 heavy (non-hydrogen) atoms. The number of anilines is 3. The lowest BCUT2D eigenvalue weighted by atomic mass is 9.87. The first kappa shape index (κ1) is 38.2. The number of benzene rings is 10. The van der Waals surface area contributed by atoms with E-state index in [-0.39, 0.29) is 0 Å². The average Bonchev–Trinajstić information content (AvgIpc) is 3.34. The van der Waals surface area contributed by atoms with Gasteiger partial charge in [0, 0.05) is 16.6 Å². The van der Waals surface area contributed by atoms with E-state index in [4.69, 9.17) is 0 Å². The Morgan fingerprint density at radius 1 is 0.387 bits per heavy atom. The molecule has 294 valence electrons. The van der Waals surface area contributed by atoms with Gasteiger partial charge in [0.1, 0.15) is 0 Å². The van der Waals surface area contributed by atoms with Crippen molar-refractivity contribution in [3.8, 4) is 55.6 Å². The molecule has 0 aromatic heterocycles. The second-order valence-electron chi connectivity index (χ2n) is 15.8. The first-order chi connectivity index (χ1) is 30.6. The molecule has 0 heterocycles. The predicted octanol–water partition coefficient (Wildman–Crippen LogP) is 17.3. The van der Waals surface area contributed by atoms with Crippen molar-refractivity contribution in [1.82, 2.24) is 0 Å². The number of fused-ring (bicyclic) bond motifs is 3. The molecule has 0 bridgehead atoms. The summed E-state index contributed by atoms with van der Waals surface area (Å²) in [6.07, 6.45) is 5.93. The molecule has 0 spiro atoms. The van der Waals surface area contributed by atoms with Gasteiger partial charge in [0.15, 0.2) is 0 Å². The van der Waals surface area contributed by atoms with Crippen molar-refractivity contribution >= 4 is 44.7 Å². The number of aryl methyl sites for hydroxylation is 1. The summed E-state index contributed by atoms with van der Waals surface area (Å²) in [5.41, 5.74) is 17.5. The standard InChI is InChI=1S/C61H45N/c1-3-4-18-49-41-50(32-31-43(49)2)46-35-33-44(34-36-46)45-37-39-52(40-38-45)62(60-42-51-23-11-12-25-54(51)56-26-14-15-27-57(56)60)59-30-17-29-55(48-21-9-6-10-22-48)61(59)58-28-16-13-24-53(58)47-19-7-5-8-20-47/h3-42H,1H2,2H3/b18-4-. The van der Waals surface area contributed by atoms with Crippen molar-refractivity contribution < 1.29 is 0 Å². The minimum atomic E-state index is 1.08. The SMILES string of the molecule is C=C/C=C\c1cc(-c2ccc(-c3ccc(N(c4cccc(-c5ccccc5)c4-c4ccccc4-c4ccccc4)c4cc5ccccc5c5ccccc45)cc3)cc2)ccc1C. The average molecular weight is 792 g/mol. The molecule has 0 saturated heterocycles. The number of nitrogens with zero attached hydrogens (tertiary/aromatic N) is 1. The summed E-state index contributed by atoms with van der Waals surface area (Å²) in [6, 6.07) is 81.8. The van der Waals surface area contributed by atoms with Gasteiger partial charge in [-0.05, 0) is 115 Å². The van der Waals surface area contributed by atoms with Crippen molar-refractivity contribution in [3.05, 3.63) is 254 Å². The van der Waals surface area contributed by atoms with Crippen molar-refractivity contribution in [3.63, 3.8) is 0 Å². The first-order valence-electron chi connectivity index (χ1n) is 21.3. The Bertz CT molecular complexity index is 3230. The topological polar surface area (TPSA) is 3.24 Å². The third kappa shape index (κ3) is 7.31. The molecule has 10 aromatic carbocycles. The molecule has 0 N–H and O–H groups in total. The quantitative estimate of drug-likeness (QED) is 0.0985. The smallest absolute Gasteiger partial charge is 0.0546 e. The summed E-state index contributed by atoms with van der Waals surface area (Å²) in [6.45, 7) is 5.99. The maximum Gasteiger partial charge on any atom is 0.0546 e. The zero-order valence-corrected chi connectivity index (χ0v) is 34.7. The van der Waals surface area contributed by atoms with E-state index in [9.17, 15) is 0 Å². The van der Waals surface area contributed by atoms with E-state index in [1.807, 2.05) is 12.2 Å². The normalized spacial score (nSPS) is 11.3. The summed E-state index contributed by atoms with van der Waals surface area (Å²) in [4.78, 5) is 2.49. The minimum Gasteiger partial charge on any atom is -0.309 e. The van der Waals surface area contributed by atoms with Crippen LogP contribution in [-0.2, 0) is 0 Å². The van der Waals surface area contributed by atoms with Gasteiger partial charge in [0.25, 0.3) is 0 Å². The van der Waals surface area contributed by atoms with E-state index in [2.05, 4.69) is 249 Å². The summed E-state index contributed by atoms with van der Waals surface area (Å²) in [7, 11) is 0. The number of rotatable bonds is 10. The van der Waals surface area contributed by atoms with Crippen molar-refractivity contribution in [1.29, 1.82) is 0 Å². The first-order valence-corrected chi connectivity index (χ1v) is 21.3. The maximum atomic E-state index is 3.85. The highest BCUT2D eigenvalue weighted by Crippen LogP contribution is 2.50. The molecule has 1 nitrogen and oxygen atoms in total. The van der Waals surface area contributed by atoms with Crippen LogP contribution in [0.2, 0.25) is 0 Å². The third-order valence-corrected chi connectivity index (χ3v) is 12.0. The van der Waals surface area contributed by atoms with Gasteiger partial charge in [-0.1, -0.05) is 219 Å². The van der Waals surface area contributed by atoms with Crippen LogP contribution in [0.3, 0.4) is 0 Å². The van der Waals surface area contributed by atoms with Gasteiger partial charge in [-0.15, -0.1) is 0 Å². The highest BCUT2D eigenvalue weighted by Gasteiger charge is 2.24. The van der Waals surface area contributed by atoms with Crippen LogP contribution in [0.5, 0.6) is 0 Å². The van der Waals surface area contributed by atoms with Crippen LogP contribution in [-0.4, -0.2) is 0 Å². The van der Waals surface area contributed by atoms with Gasteiger partial charge < -0.3 is 4.90 Å². The summed E-state index contributed by atoms with van der Waals surface area (Å²) in [5.74, 6) is 0. The largest absolute Gasteiger partial charge is 0.309 e. The number of hydrogen-bond donors (Lipinski definition) is 0. The molecule has 1 heteroatoms. The maximum absolute atomic E-state index is 3.85. The van der Waals surface area contributed by atoms with Crippen LogP contribution >= 0.6 is 0 Å². The Morgan fingerprint density at radius 2 is 0.919 bits per heavy atom. The van der Waals surface area contributed by atoms with E-state index < -0.39 is 0 Å². The lowest BCUT2D eigenvalue weighted by Gasteiger charge is -2.31. The molecule has 0 aliphatic rings. The molecule has 0 unspecified atom stereocenters. The van der Waals surface area contributed by atoms with Gasteiger partial charge >= 0.3 is 0 Å². The fourth-order valence-electron chi connectivity index (χ4n) is 8.90. The molecule has 0 radical (unpaired) electrons. The Labute approximate surface area is 364 Å². The predicted molar refractivity (Wildman–Crippen MR) is 267 cm³/mol. The molecule has 10 aromatic rings. The van der Waals surface area contributed by atoms with Crippen LogP contribution in [0.4, 0.5) is 17.1 Å². The highest BCUT2D eigenvalue weighted by molar-refractivity contribution is 6.15. The van der Waals surface area contributed by atoms with E-state index in [1.165, 1.54) is 82.7 Å². The van der Waals surface area contributed by atoms with E-state index in [1.54, 1.807) is 0 Å². The van der Waals surface area contributed by atoms with Crippen LogP contribution in [0.15, 0.2) is 243 Å². The molecule has 0 amide bonds. The van der Waals surface area contributed by atoms with Crippen LogP contribution in [0, 0.1) is 6.92 Å². The molecular weight excluding hydrogens is 747 g/mol. The van der Waals surface area contributed by atoms with Crippen LogP contribution < -0.4 is 4.90 Å². The molecule has 0 fully saturated rings. The molecular formula is C61H45N. The molecule has 0 atom stereocenters. The van der Waals surface area contributed by atoms with Crippen LogP contribution in [0.25, 0.3) is 83.3 Å². The third-order valence-electron chi connectivity index (χ3n) is 12.0. The number of allylic oxidation sites excluding steroid dienone is 2. The van der Waals surface area contributed by atoms with Crippen LogP contribution in [0.1, 0.15) is 11.1 Å². The van der Waals surface area contributed by atoms with Crippen molar-refractivity contribution in [2.75, 3.05) is 4.90 Å². The summed E-state index contributed by atoms with van der Waals surface area (Å²) < 4.78 is 0. The van der Waals surface area contributed by atoms with Gasteiger partial charge in [0.05, 0.1) is 11.4 Å². The molecule has 10 rings (SSSR count). The minimum absolute atomic E-state index is 1.08. The summed E-state index contributed by atoms with van der Waals surface area (Å²) in [5, 5.41) is 4.86. The second kappa shape index (κ2) is 16.9. The van der Waals surface area contributed by atoms with Gasteiger partial charge in [-0.25, -0.2) is 0 Å².